The van der Waals surface area contributed by atoms with E-state index in [4.69, 9.17) is 4.74 Å². The van der Waals surface area contributed by atoms with E-state index in [2.05, 4.69) is 0 Å². The molecule has 0 bridgehead atoms. The van der Waals surface area contributed by atoms with E-state index in [1.165, 1.54) is 0 Å². The van der Waals surface area contributed by atoms with E-state index in [0.717, 1.165) is 16.9 Å². The van der Waals surface area contributed by atoms with Gasteiger partial charge in [-0.1, -0.05) is 42.5 Å². The van der Waals surface area contributed by atoms with Crippen LogP contribution in [0.15, 0.2) is 54.6 Å². The largest absolute Gasteiger partial charge is 0.489 e. The lowest BCUT2D eigenvalue weighted by Crippen LogP contribution is -2.04. The lowest BCUT2D eigenvalue weighted by atomic mass is 10.1. The first-order chi connectivity index (χ1) is 8.74. The molecule has 0 aliphatic heterocycles. The summed E-state index contributed by atoms with van der Waals surface area (Å²) in [6.07, 6.45) is 0.331. The molecule has 2 nitrogen and oxygen atoms in total. The van der Waals surface area contributed by atoms with Crippen LogP contribution in [0.5, 0.6) is 5.75 Å². The first-order valence-electron chi connectivity index (χ1n) is 6.18. The van der Waals surface area contributed by atoms with E-state index in [-0.39, 0.29) is 6.10 Å². The molecule has 0 spiro atoms. The third-order valence-corrected chi connectivity index (χ3v) is 2.68. The fourth-order valence-electron chi connectivity index (χ4n) is 1.84. The molecule has 0 saturated heterocycles. The third kappa shape index (κ3) is 3.90. The zero-order valence-electron chi connectivity index (χ0n) is 10.5. The van der Waals surface area contributed by atoms with Crippen molar-refractivity contribution in [2.45, 2.75) is 26.1 Å². The maximum atomic E-state index is 9.36. The number of rotatable bonds is 5. The van der Waals surface area contributed by atoms with Crippen molar-refractivity contribution in [3.63, 3.8) is 0 Å². The summed E-state index contributed by atoms with van der Waals surface area (Å²) >= 11 is 0. The molecule has 0 amide bonds. The zero-order valence-corrected chi connectivity index (χ0v) is 10.5. The van der Waals surface area contributed by atoms with Crippen molar-refractivity contribution in [3.05, 3.63) is 65.7 Å². The quantitative estimate of drug-likeness (QED) is 0.872. The van der Waals surface area contributed by atoms with E-state index in [0.29, 0.717) is 13.0 Å². The number of hydrogen-bond acceptors (Lipinski definition) is 2. The van der Waals surface area contributed by atoms with Crippen LogP contribution in [-0.4, -0.2) is 11.2 Å². The van der Waals surface area contributed by atoms with E-state index in [1.54, 1.807) is 6.92 Å². The molecule has 0 fully saturated rings. The summed E-state index contributed by atoms with van der Waals surface area (Å²) in [6.45, 7) is 2.36. The molecule has 2 heteroatoms. The topological polar surface area (TPSA) is 29.5 Å². The van der Waals surface area contributed by atoms with Gasteiger partial charge >= 0.3 is 0 Å². The second kappa shape index (κ2) is 6.22. The molecule has 0 saturated carbocycles. The van der Waals surface area contributed by atoms with Gasteiger partial charge in [0.15, 0.2) is 0 Å². The first kappa shape index (κ1) is 12.7. The minimum atomic E-state index is -0.325. The summed E-state index contributed by atoms with van der Waals surface area (Å²) in [7, 11) is 0. The average Bonchev–Trinajstić information content (AvgIpc) is 2.37. The Labute approximate surface area is 108 Å². The van der Waals surface area contributed by atoms with Crippen LogP contribution in [0.2, 0.25) is 0 Å². The Bertz CT molecular complexity index is 477. The van der Waals surface area contributed by atoms with Crippen LogP contribution < -0.4 is 4.74 Å². The second-order valence-electron chi connectivity index (χ2n) is 4.47. The van der Waals surface area contributed by atoms with Crippen LogP contribution in [0.1, 0.15) is 18.1 Å². The molecule has 0 unspecified atom stereocenters. The monoisotopic (exact) mass is 242 g/mol. The maximum Gasteiger partial charge on any atom is 0.120 e. The Morgan fingerprint density at radius 3 is 2.44 bits per heavy atom. The fraction of sp³-hybridized carbons (Fsp3) is 0.250. The molecule has 94 valence electrons. The predicted molar refractivity (Wildman–Crippen MR) is 72.6 cm³/mol. The van der Waals surface area contributed by atoms with Crippen molar-refractivity contribution in [3.8, 4) is 5.75 Å². The summed E-state index contributed by atoms with van der Waals surface area (Å²) in [4.78, 5) is 0. The first-order valence-corrected chi connectivity index (χ1v) is 6.18. The van der Waals surface area contributed by atoms with E-state index in [9.17, 15) is 5.11 Å². The standard InChI is InChI=1S/C16H18O2/c1-13(17)10-15-8-5-9-16(11-15)18-12-14-6-3-2-4-7-14/h2-9,11,13,17H,10,12H2,1H3/t13-/m0/s1. The van der Waals surface area contributed by atoms with Gasteiger partial charge in [-0.05, 0) is 36.6 Å². The molecule has 0 heterocycles. The van der Waals surface area contributed by atoms with Gasteiger partial charge < -0.3 is 9.84 Å². The molecule has 1 N–H and O–H groups in total. The summed E-state index contributed by atoms with van der Waals surface area (Å²) in [5.41, 5.74) is 2.24. The Morgan fingerprint density at radius 1 is 1.00 bits per heavy atom. The lowest BCUT2D eigenvalue weighted by Gasteiger charge is -2.09. The lowest BCUT2D eigenvalue weighted by molar-refractivity contribution is 0.195. The third-order valence-electron chi connectivity index (χ3n) is 2.68. The van der Waals surface area contributed by atoms with Crippen molar-refractivity contribution in [1.82, 2.24) is 0 Å². The molecule has 2 aromatic carbocycles. The van der Waals surface area contributed by atoms with Crippen LogP contribution in [-0.2, 0) is 13.0 Å². The van der Waals surface area contributed by atoms with E-state index in [1.807, 2.05) is 54.6 Å². The van der Waals surface area contributed by atoms with Crippen LogP contribution >= 0.6 is 0 Å². The predicted octanol–water partition coefficient (Wildman–Crippen LogP) is 3.19. The molecule has 2 aromatic rings. The second-order valence-corrected chi connectivity index (χ2v) is 4.47. The SMILES string of the molecule is C[C@H](O)Cc1cccc(OCc2ccccc2)c1. The molecule has 0 aromatic heterocycles. The highest BCUT2D eigenvalue weighted by atomic mass is 16.5. The minimum Gasteiger partial charge on any atom is -0.489 e. The number of ether oxygens (including phenoxy) is 1. The van der Waals surface area contributed by atoms with Gasteiger partial charge in [-0.3, -0.25) is 0 Å². The zero-order chi connectivity index (χ0) is 12.8. The maximum absolute atomic E-state index is 9.36. The molecule has 0 radical (unpaired) electrons. The van der Waals surface area contributed by atoms with Gasteiger partial charge in [0.1, 0.15) is 12.4 Å². The Hall–Kier alpha value is -1.80. The molecule has 0 aliphatic rings. The number of benzene rings is 2. The van der Waals surface area contributed by atoms with E-state index < -0.39 is 0 Å². The van der Waals surface area contributed by atoms with E-state index >= 15 is 0 Å². The van der Waals surface area contributed by atoms with Gasteiger partial charge in [-0.2, -0.15) is 0 Å². The molecular weight excluding hydrogens is 224 g/mol. The number of aliphatic hydroxyl groups excluding tert-OH is 1. The molecule has 18 heavy (non-hydrogen) atoms. The van der Waals surface area contributed by atoms with Gasteiger partial charge in [0, 0.05) is 0 Å². The van der Waals surface area contributed by atoms with Gasteiger partial charge in [0.05, 0.1) is 6.10 Å². The van der Waals surface area contributed by atoms with Gasteiger partial charge in [0.2, 0.25) is 0 Å². The van der Waals surface area contributed by atoms with Crippen molar-refractivity contribution in [2.24, 2.45) is 0 Å². The minimum absolute atomic E-state index is 0.325. The van der Waals surface area contributed by atoms with Gasteiger partial charge in [0.25, 0.3) is 0 Å². The molecule has 1 atom stereocenters. The normalized spacial score (nSPS) is 12.1. The van der Waals surface area contributed by atoms with Crippen LogP contribution in [0.4, 0.5) is 0 Å². The molecule has 2 rings (SSSR count). The highest BCUT2D eigenvalue weighted by Crippen LogP contribution is 2.16. The van der Waals surface area contributed by atoms with Gasteiger partial charge in [-0.15, -0.1) is 0 Å². The number of hydrogen-bond donors (Lipinski definition) is 1. The highest BCUT2D eigenvalue weighted by molar-refractivity contribution is 5.29. The highest BCUT2D eigenvalue weighted by Gasteiger charge is 2.01. The average molecular weight is 242 g/mol. The fourth-order valence-corrected chi connectivity index (χ4v) is 1.84. The number of aliphatic hydroxyl groups is 1. The van der Waals surface area contributed by atoms with Crippen LogP contribution in [0, 0.1) is 0 Å². The van der Waals surface area contributed by atoms with Gasteiger partial charge in [-0.25, -0.2) is 0 Å². The van der Waals surface area contributed by atoms with Crippen molar-refractivity contribution >= 4 is 0 Å². The summed E-state index contributed by atoms with van der Waals surface area (Å²) in [5.74, 6) is 0.844. The van der Waals surface area contributed by atoms with Crippen molar-refractivity contribution < 1.29 is 9.84 Å². The molecule has 0 aliphatic carbocycles. The Balaban J connectivity index is 1.97. The van der Waals surface area contributed by atoms with Crippen LogP contribution in [0.3, 0.4) is 0 Å². The van der Waals surface area contributed by atoms with Crippen LogP contribution in [0.25, 0.3) is 0 Å². The Morgan fingerprint density at radius 2 is 1.72 bits per heavy atom. The summed E-state index contributed by atoms with van der Waals surface area (Å²) < 4.78 is 5.73. The summed E-state index contributed by atoms with van der Waals surface area (Å²) in [5, 5.41) is 9.36. The smallest absolute Gasteiger partial charge is 0.120 e. The Kier molecular flexibility index (Phi) is 4.37. The van der Waals surface area contributed by atoms with Crippen molar-refractivity contribution in [2.75, 3.05) is 0 Å². The van der Waals surface area contributed by atoms with Crippen molar-refractivity contribution in [1.29, 1.82) is 0 Å². The summed E-state index contributed by atoms with van der Waals surface area (Å²) in [6, 6.07) is 18.0. The molecular formula is C16H18O2.